The van der Waals surface area contributed by atoms with Crippen molar-refractivity contribution in [2.45, 2.75) is 39.5 Å². The van der Waals surface area contributed by atoms with Gasteiger partial charge < -0.3 is 25.4 Å². The Morgan fingerprint density at radius 2 is 1.71 bits per heavy atom. The lowest BCUT2D eigenvalue weighted by Crippen LogP contribution is -2.25. The summed E-state index contributed by atoms with van der Waals surface area (Å²) in [7, 11) is 1.50. The molecule has 1 aliphatic rings. The minimum Gasteiger partial charge on any atom is -0.478 e. The van der Waals surface area contributed by atoms with Crippen LogP contribution in [0.5, 0.6) is 11.5 Å². The molecule has 1 amide bonds. The molecule has 7 heteroatoms. The second-order valence-corrected chi connectivity index (χ2v) is 8.58. The lowest BCUT2D eigenvalue weighted by atomic mass is 10.0. The fourth-order valence-electron chi connectivity index (χ4n) is 4.23. The van der Waals surface area contributed by atoms with Crippen LogP contribution in [0.2, 0.25) is 0 Å². The largest absolute Gasteiger partial charge is 0.478 e. The molecule has 0 saturated carbocycles. The molecule has 0 atom stereocenters. The van der Waals surface area contributed by atoms with Crippen molar-refractivity contribution < 1.29 is 19.4 Å². The molecular weight excluding hydrogens is 430 g/mol. The first-order chi connectivity index (χ1) is 16.4. The zero-order valence-electron chi connectivity index (χ0n) is 19.9. The summed E-state index contributed by atoms with van der Waals surface area (Å²) >= 11 is 0. The topological polar surface area (TPSA) is 90.9 Å². The highest BCUT2D eigenvalue weighted by atomic mass is 16.5. The average molecular weight is 462 g/mol. The molecule has 1 heterocycles. The van der Waals surface area contributed by atoms with Gasteiger partial charge in [0, 0.05) is 31.4 Å². The summed E-state index contributed by atoms with van der Waals surface area (Å²) < 4.78 is 6.12. The summed E-state index contributed by atoms with van der Waals surface area (Å²) in [5.74, 6) is -0.599. The van der Waals surface area contributed by atoms with Crippen molar-refractivity contribution in [3.8, 4) is 11.5 Å². The van der Waals surface area contributed by atoms with Gasteiger partial charge in [-0.05, 0) is 60.0 Å². The first-order valence-corrected chi connectivity index (χ1v) is 11.9. The molecular formula is C27H31N3O4. The molecule has 0 fully saturated rings. The number of carbonyl (C=O) groups is 2. The van der Waals surface area contributed by atoms with Gasteiger partial charge in [-0.3, -0.25) is 4.79 Å². The number of carboxylic acid groups (broad SMARTS) is 1. The number of nitrogens with one attached hydrogen (secondary N) is 2. The number of benzene rings is 3. The Balaban J connectivity index is 1.72. The van der Waals surface area contributed by atoms with Crippen molar-refractivity contribution in [2.24, 2.45) is 0 Å². The summed E-state index contributed by atoms with van der Waals surface area (Å²) in [5.41, 5.74) is 2.44. The molecule has 4 rings (SSSR count). The third-order valence-corrected chi connectivity index (χ3v) is 6.15. The molecule has 178 valence electrons. The quantitative estimate of drug-likeness (QED) is 0.277. The molecule has 3 N–H and O–H groups in total. The Bertz CT molecular complexity index is 1230. The van der Waals surface area contributed by atoms with E-state index in [-0.39, 0.29) is 17.0 Å². The summed E-state index contributed by atoms with van der Waals surface area (Å²) in [6, 6.07) is 13.3. The number of anilines is 3. The van der Waals surface area contributed by atoms with E-state index in [1.807, 2.05) is 12.1 Å². The van der Waals surface area contributed by atoms with Crippen LogP contribution in [0.3, 0.4) is 0 Å². The smallest absolute Gasteiger partial charge is 0.337 e. The van der Waals surface area contributed by atoms with Crippen LogP contribution in [-0.4, -0.2) is 37.1 Å². The Labute approximate surface area is 199 Å². The van der Waals surface area contributed by atoms with E-state index >= 15 is 0 Å². The van der Waals surface area contributed by atoms with Gasteiger partial charge >= 0.3 is 5.97 Å². The zero-order chi connectivity index (χ0) is 24.2. The van der Waals surface area contributed by atoms with Gasteiger partial charge in [-0.15, -0.1) is 0 Å². The van der Waals surface area contributed by atoms with Crippen molar-refractivity contribution >= 4 is 39.7 Å². The van der Waals surface area contributed by atoms with Gasteiger partial charge in [0.15, 0.2) is 11.5 Å². The van der Waals surface area contributed by atoms with Crippen molar-refractivity contribution in [1.82, 2.24) is 5.32 Å². The molecule has 0 radical (unpaired) electrons. The molecule has 3 aromatic carbocycles. The van der Waals surface area contributed by atoms with Crippen LogP contribution in [0.25, 0.3) is 10.8 Å². The van der Waals surface area contributed by atoms with Gasteiger partial charge in [-0.2, -0.15) is 0 Å². The number of carbonyl (C=O) groups excluding carboxylic acids is 1. The van der Waals surface area contributed by atoms with Crippen LogP contribution in [0.4, 0.5) is 17.1 Å². The summed E-state index contributed by atoms with van der Waals surface area (Å²) in [5, 5.41) is 17.5. The Hall–Kier alpha value is -3.74. The number of hydrogen-bond acceptors (Lipinski definition) is 5. The van der Waals surface area contributed by atoms with Gasteiger partial charge in [0.05, 0.1) is 16.9 Å². The van der Waals surface area contributed by atoms with Crippen molar-refractivity contribution in [1.29, 1.82) is 0 Å². The molecule has 0 spiro atoms. The standard InChI is InChI=1S/C27H31N3O4/c1-4-6-10-30(11-7-5-2)20-9-8-17-14-22-23(15-18(17)12-20)34-24-16-19(26(31)28-3)13-21(27(32)33)25(24)29-22/h8-9,12-16,29H,4-7,10-11H2,1-3H3,(H,28,31)(H,32,33). The van der Waals surface area contributed by atoms with Crippen LogP contribution >= 0.6 is 0 Å². The molecule has 1 aliphatic heterocycles. The van der Waals surface area contributed by atoms with Crippen LogP contribution in [-0.2, 0) is 0 Å². The maximum atomic E-state index is 12.2. The molecule has 3 aromatic rings. The van der Waals surface area contributed by atoms with E-state index in [1.54, 1.807) is 6.07 Å². The minimum absolute atomic E-state index is 0.0142. The molecule has 0 bridgehead atoms. The molecule has 0 saturated heterocycles. The third kappa shape index (κ3) is 4.64. The number of carboxylic acids is 1. The van der Waals surface area contributed by atoms with E-state index in [2.05, 4.69) is 47.6 Å². The Kier molecular flexibility index (Phi) is 6.91. The molecule has 34 heavy (non-hydrogen) atoms. The maximum absolute atomic E-state index is 12.2. The third-order valence-electron chi connectivity index (χ3n) is 6.15. The van der Waals surface area contributed by atoms with E-state index in [0.29, 0.717) is 22.9 Å². The fraction of sp³-hybridized carbons (Fsp3) is 0.333. The van der Waals surface area contributed by atoms with Crippen LogP contribution in [0.1, 0.15) is 60.2 Å². The molecule has 7 nitrogen and oxygen atoms in total. The lowest BCUT2D eigenvalue weighted by molar-refractivity contribution is 0.0697. The summed E-state index contributed by atoms with van der Waals surface area (Å²) in [6.07, 6.45) is 4.60. The van der Waals surface area contributed by atoms with E-state index < -0.39 is 5.97 Å². The SMILES string of the molecule is CCCCN(CCCC)c1ccc2cc3c(cc2c1)Oc1cc(C(=O)NC)cc(C(=O)O)c1N3. The highest BCUT2D eigenvalue weighted by Gasteiger charge is 2.25. The second-order valence-electron chi connectivity index (χ2n) is 8.58. The Morgan fingerprint density at radius 3 is 2.35 bits per heavy atom. The summed E-state index contributed by atoms with van der Waals surface area (Å²) in [4.78, 5) is 26.5. The number of aromatic carboxylic acids is 1. The number of hydrogen-bond donors (Lipinski definition) is 3. The second kappa shape index (κ2) is 10.0. The van der Waals surface area contributed by atoms with E-state index in [4.69, 9.17) is 4.74 Å². The maximum Gasteiger partial charge on any atom is 0.337 e. The van der Waals surface area contributed by atoms with Crippen LogP contribution in [0, 0.1) is 0 Å². The number of rotatable bonds is 9. The van der Waals surface area contributed by atoms with Crippen molar-refractivity contribution in [2.75, 3.05) is 30.4 Å². The molecule has 0 aromatic heterocycles. The lowest BCUT2D eigenvalue weighted by Gasteiger charge is -2.26. The Morgan fingerprint density at radius 1 is 0.971 bits per heavy atom. The monoisotopic (exact) mass is 461 g/mol. The predicted molar refractivity (Wildman–Crippen MR) is 136 cm³/mol. The van der Waals surface area contributed by atoms with Gasteiger partial charge in [0.1, 0.15) is 0 Å². The van der Waals surface area contributed by atoms with Gasteiger partial charge in [0.2, 0.25) is 0 Å². The highest BCUT2D eigenvalue weighted by Crippen LogP contribution is 2.46. The number of amides is 1. The highest BCUT2D eigenvalue weighted by molar-refractivity contribution is 6.04. The van der Waals surface area contributed by atoms with Gasteiger partial charge in [0.25, 0.3) is 5.91 Å². The van der Waals surface area contributed by atoms with E-state index in [0.717, 1.165) is 49.5 Å². The summed E-state index contributed by atoms with van der Waals surface area (Å²) in [6.45, 7) is 6.47. The molecule has 0 aliphatic carbocycles. The van der Waals surface area contributed by atoms with E-state index in [1.165, 1.54) is 18.8 Å². The minimum atomic E-state index is -1.13. The van der Waals surface area contributed by atoms with E-state index in [9.17, 15) is 14.7 Å². The van der Waals surface area contributed by atoms with Crippen molar-refractivity contribution in [3.63, 3.8) is 0 Å². The number of ether oxygens (including phenoxy) is 1. The molecule has 0 unspecified atom stereocenters. The van der Waals surface area contributed by atoms with Crippen LogP contribution in [0.15, 0.2) is 42.5 Å². The first-order valence-electron chi connectivity index (χ1n) is 11.9. The van der Waals surface area contributed by atoms with Crippen LogP contribution < -0.4 is 20.3 Å². The number of fused-ring (bicyclic) bond motifs is 3. The van der Waals surface area contributed by atoms with Crippen molar-refractivity contribution in [3.05, 3.63) is 53.6 Å². The fourth-order valence-corrected chi connectivity index (χ4v) is 4.23. The van der Waals surface area contributed by atoms with Gasteiger partial charge in [-0.1, -0.05) is 32.8 Å². The number of unbranched alkanes of at least 4 members (excludes halogenated alkanes) is 2. The number of nitrogens with zero attached hydrogens (tertiary/aromatic N) is 1. The predicted octanol–water partition coefficient (Wildman–Crippen LogP) is 6.15. The normalized spacial score (nSPS) is 11.7. The average Bonchev–Trinajstić information content (AvgIpc) is 2.84. The van der Waals surface area contributed by atoms with Gasteiger partial charge in [-0.25, -0.2) is 4.79 Å². The zero-order valence-corrected chi connectivity index (χ0v) is 19.9. The first kappa shape index (κ1) is 23.4.